The first-order chi connectivity index (χ1) is 19.2. The van der Waals surface area contributed by atoms with Gasteiger partial charge < -0.3 is 10.2 Å². The lowest BCUT2D eigenvalue weighted by Gasteiger charge is -2.32. The average molecular weight is 562 g/mol. The second-order valence-electron chi connectivity index (χ2n) is 10.3. The fourth-order valence-electron chi connectivity index (χ4n) is 4.73. The average Bonchev–Trinajstić information content (AvgIpc) is 3.15. The van der Waals surface area contributed by atoms with E-state index in [2.05, 4.69) is 5.32 Å². The van der Waals surface area contributed by atoms with E-state index in [1.807, 2.05) is 74.5 Å². The maximum absolute atomic E-state index is 13.7. The van der Waals surface area contributed by atoms with Crippen LogP contribution < -0.4 is 5.32 Å². The van der Waals surface area contributed by atoms with Crippen LogP contribution in [-0.2, 0) is 32.6 Å². The van der Waals surface area contributed by atoms with Crippen molar-refractivity contribution in [2.24, 2.45) is 5.92 Å². The number of nitrogens with zero attached hydrogens (tertiary/aromatic N) is 2. The first-order valence-electron chi connectivity index (χ1n) is 13.5. The normalized spacial score (nSPS) is 14.6. The number of carbonyl (C=O) groups excluding carboxylic acids is 3. The van der Waals surface area contributed by atoms with Crippen LogP contribution in [-0.4, -0.2) is 54.5 Å². The topological polar surface area (TPSA) is 104 Å². The molecule has 1 atom stereocenters. The van der Waals surface area contributed by atoms with Crippen LogP contribution in [0.3, 0.4) is 0 Å². The van der Waals surface area contributed by atoms with Crippen molar-refractivity contribution in [1.29, 1.82) is 0 Å². The van der Waals surface area contributed by atoms with Gasteiger partial charge in [-0.2, -0.15) is 0 Å². The van der Waals surface area contributed by atoms with Gasteiger partial charge in [0.2, 0.25) is 11.8 Å². The Morgan fingerprint density at radius 3 is 2.10 bits per heavy atom. The maximum atomic E-state index is 13.7. The van der Waals surface area contributed by atoms with Gasteiger partial charge in [-0.25, -0.2) is 12.7 Å². The molecule has 0 unspecified atom stereocenters. The number of fused-ring (bicyclic) bond motifs is 1. The smallest absolute Gasteiger partial charge is 0.269 e. The van der Waals surface area contributed by atoms with E-state index < -0.39 is 22.0 Å². The molecule has 3 aromatic carbocycles. The summed E-state index contributed by atoms with van der Waals surface area (Å²) in [7, 11) is -3.95. The van der Waals surface area contributed by atoms with Crippen molar-refractivity contribution in [2.45, 2.75) is 50.6 Å². The SMILES string of the molecule is CC(C)CNC(=O)[C@@H](Cc1ccccc1)N(Cc1ccccc1)C(=O)CCCN1C(=O)c2ccccc2S1(=O)=O. The Bertz CT molecular complexity index is 1440. The molecule has 0 saturated carbocycles. The van der Waals surface area contributed by atoms with E-state index in [0.29, 0.717) is 13.0 Å². The summed E-state index contributed by atoms with van der Waals surface area (Å²) in [6.45, 7) is 4.59. The Morgan fingerprint density at radius 2 is 1.48 bits per heavy atom. The highest BCUT2D eigenvalue weighted by Crippen LogP contribution is 2.30. The molecule has 1 N–H and O–H groups in total. The lowest BCUT2D eigenvalue weighted by Crippen LogP contribution is -2.51. The van der Waals surface area contributed by atoms with Gasteiger partial charge in [0.05, 0.1) is 5.56 Å². The number of amides is 3. The van der Waals surface area contributed by atoms with Crippen LogP contribution in [0.4, 0.5) is 0 Å². The zero-order valence-electron chi connectivity index (χ0n) is 22.8. The molecule has 9 heteroatoms. The number of hydrogen-bond donors (Lipinski definition) is 1. The second kappa shape index (κ2) is 12.9. The summed E-state index contributed by atoms with van der Waals surface area (Å²) in [5.41, 5.74) is 1.94. The molecule has 1 aliphatic rings. The number of carbonyl (C=O) groups is 3. The van der Waals surface area contributed by atoms with E-state index >= 15 is 0 Å². The Balaban J connectivity index is 1.54. The number of sulfonamides is 1. The molecule has 0 aromatic heterocycles. The minimum atomic E-state index is -3.95. The van der Waals surface area contributed by atoms with Crippen molar-refractivity contribution in [3.05, 3.63) is 102 Å². The number of nitrogens with one attached hydrogen (secondary N) is 1. The van der Waals surface area contributed by atoms with Crippen molar-refractivity contribution in [1.82, 2.24) is 14.5 Å². The zero-order chi connectivity index (χ0) is 28.7. The van der Waals surface area contributed by atoms with E-state index in [0.717, 1.165) is 15.4 Å². The summed E-state index contributed by atoms with van der Waals surface area (Å²) in [4.78, 5) is 41.6. The number of benzene rings is 3. The molecule has 3 aromatic rings. The Kier molecular flexibility index (Phi) is 9.37. The Hall–Kier alpha value is -3.98. The molecule has 210 valence electrons. The number of rotatable bonds is 12. The van der Waals surface area contributed by atoms with E-state index in [4.69, 9.17) is 0 Å². The molecule has 0 spiro atoms. The van der Waals surface area contributed by atoms with Crippen molar-refractivity contribution >= 4 is 27.7 Å². The third-order valence-corrected chi connectivity index (χ3v) is 8.66. The van der Waals surface area contributed by atoms with Crippen LogP contribution in [0.15, 0.2) is 89.8 Å². The van der Waals surface area contributed by atoms with E-state index in [9.17, 15) is 22.8 Å². The molecule has 0 saturated heterocycles. The molecule has 8 nitrogen and oxygen atoms in total. The molecular formula is C31H35N3O5S. The van der Waals surface area contributed by atoms with E-state index in [1.54, 1.807) is 17.0 Å². The third-order valence-electron chi connectivity index (χ3n) is 6.82. The maximum Gasteiger partial charge on any atom is 0.269 e. The van der Waals surface area contributed by atoms with Gasteiger partial charge in [-0.3, -0.25) is 14.4 Å². The minimum absolute atomic E-state index is 0.0122. The van der Waals surface area contributed by atoms with Gasteiger partial charge in [-0.05, 0) is 35.6 Å². The molecular weight excluding hydrogens is 526 g/mol. The minimum Gasteiger partial charge on any atom is -0.354 e. The fraction of sp³-hybridized carbons (Fsp3) is 0.323. The van der Waals surface area contributed by atoms with Crippen LogP contribution in [0.2, 0.25) is 0 Å². The highest BCUT2D eigenvalue weighted by molar-refractivity contribution is 7.90. The lowest BCUT2D eigenvalue weighted by molar-refractivity contribution is -0.141. The predicted octanol–water partition coefficient (Wildman–Crippen LogP) is 4.02. The van der Waals surface area contributed by atoms with Gasteiger partial charge in [0.15, 0.2) is 0 Å². The Labute approximate surface area is 236 Å². The summed E-state index contributed by atoms with van der Waals surface area (Å²) < 4.78 is 26.7. The summed E-state index contributed by atoms with van der Waals surface area (Å²) in [6, 6.07) is 24.3. The van der Waals surface area contributed by atoms with E-state index in [-0.39, 0.29) is 54.1 Å². The molecule has 40 heavy (non-hydrogen) atoms. The largest absolute Gasteiger partial charge is 0.354 e. The molecule has 0 aliphatic carbocycles. The predicted molar refractivity (Wildman–Crippen MR) is 153 cm³/mol. The number of hydrogen-bond acceptors (Lipinski definition) is 5. The lowest BCUT2D eigenvalue weighted by atomic mass is 10.0. The molecule has 0 radical (unpaired) electrons. The summed E-state index contributed by atoms with van der Waals surface area (Å²) in [5.74, 6) is -0.872. The monoisotopic (exact) mass is 561 g/mol. The van der Waals surface area contributed by atoms with Crippen LogP contribution in [0, 0.1) is 5.92 Å². The third kappa shape index (κ3) is 6.77. The van der Waals surface area contributed by atoms with Gasteiger partial charge in [0.25, 0.3) is 15.9 Å². The molecule has 4 rings (SSSR count). The molecule has 1 heterocycles. The summed E-state index contributed by atoms with van der Waals surface area (Å²) >= 11 is 0. The first kappa shape index (κ1) is 29.0. The van der Waals surface area contributed by atoms with Crippen molar-refractivity contribution in [3.8, 4) is 0 Å². The van der Waals surface area contributed by atoms with Crippen LogP contribution in [0.5, 0.6) is 0 Å². The molecule has 0 bridgehead atoms. The summed E-state index contributed by atoms with van der Waals surface area (Å²) in [6.07, 6.45) is 0.442. The van der Waals surface area contributed by atoms with Crippen LogP contribution in [0.1, 0.15) is 48.2 Å². The standard InChI is InChI=1S/C31H35N3O5S/c1-23(2)21-32-30(36)27(20-24-12-5-3-6-13-24)33(22-25-14-7-4-8-15-25)29(35)18-11-19-34-31(37)26-16-9-10-17-28(26)40(34,38)39/h3-10,12-17,23,27H,11,18-22H2,1-2H3,(H,32,36)/t27-/m1/s1. The second-order valence-corrected chi connectivity index (χ2v) is 12.2. The van der Waals surface area contributed by atoms with Gasteiger partial charge in [-0.1, -0.05) is 86.6 Å². The molecule has 1 aliphatic heterocycles. The fourth-order valence-corrected chi connectivity index (χ4v) is 6.33. The van der Waals surface area contributed by atoms with Crippen molar-refractivity contribution < 1.29 is 22.8 Å². The van der Waals surface area contributed by atoms with Crippen molar-refractivity contribution in [3.63, 3.8) is 0 Å². The van der Waals surface area contributed by atoms with Gasteiger partial charge in [0, 0.05) is 32.5 Å². The quantitative estimate of drug-likeness (QED) is 0.360. The van der Waals surface area contributed by atoms with E-state index in [1.165, 1.54) is 12.1 Å². The van der Waals surface area contributed by atoms with Gasteiger partial charge >= 0.3 is 0 Å². The molecule has 0 fully saturated rings. The van der Waals surface area contributed by atoms with Gasteiger partial charge in [-0.15, -0.1) is 0 Å². The molecule has 3 amide bonds. The van der Waals surface area contributed by atoms with Crippen molar-refractivity contribution in [2.75, 3.05) is 13.1 Å². The highest BCUT2D eigenvalue weighted by atomic mass is 32.2. The van der Waals surface area contributed by atoms with Crippen LogP contribution >= 0.6 is 0 Å². The summed E-state index contributed by atoms with van der Waals surface area (Å²) in [5, 5.41) is 2.99. The first-order valence-corrected chi connectivity index (χ1v) is 14.9. The Morgan fingerprint density at radius 1 is 0.875 bits per heavy atom. The van der Waals surface area contributed by atoms with Gasteiger partial charge in [0.1, 0.15) is 10.9 Å². The van der Waals surface area contributed by atoms with Crippen LogP contribution in [0.25, 0.3) is 0 Å². The highest BCUT2D eigenvalue weighted by Gasteiger charge is 2.40. The zero-order valence-corrected chi connectivity index (χ0v) is 23.6.